The number of benzene rings is 1. The van der Waals surface area contributed by atoms with Crippen LogP contribution in [0.3, 0.4) is 0 Å². The number of phenols is 1. The zero-order chi connectivity index (χ0) is 12.5. The standard InChI is InChI=1S/C15H21NO2/c17-12-5-4-11-2-1-3-15(14(11)8-12)16-9-10-6-13(18)7-10/h4-5,8,10,13,15-18H,1-3,6-7,9H2. The largest absolute Gasteiger partial charge is 0.508 e. The molecule has 0 aromatic heterocycles. The van der Waals surface area contributed by atoms with Crippen LogP contribution in [0.25, 0.3) is 0 Å². The van der Waals surface area contributed by atoms with Gasteiger partial charge in [0.25, 0.3) is 0 Å². The molecular formula is C15H21NO2. The Balaban J connectivity index is 1.65. The minimum atomic E-state index is -0.0699. The van der Waals surface area contributed by atoms with Gasteiger partial charge in [0, 0.05) is 6.04 Å². The summed E-state index contributed by atoms with van der Waals surface area (Å²) in [5.41, 5.74) is 2.63. The first-order valence-corrected chi connectivity index (χ1v) is 6.95. The average molecular weight is 247 g/mol. The summed E-state index contributed by atoms with van der Waals surface area (Å²) in [6.07, 6.45) is 5.28. The second-order valence-electron chi connectivity index (χ2n) is 5.73. The molecule has 1 atom stereocenters. The highest BCUT2D eigenvalue weighted by Gasteiger charge is 2.28. The van der Waals surface area contributed by atoms with E-state index >= 15 is 0 Å². The molecule has 0 bridgehead atoms. The number of aliphatic hydroxyl groups is 1. The van der Waals surface area contributed by atoms with E-state index in [0.717, 1.165) is 32.2 Å². The number of aliphatic hydroxyl groups excluding tert-OH is 1. The van der Waals surface area contributed by atoms with E-state index in [9.17, 15) is 10.2 Å². The predicted octanol–water partition coefficient (Wildman–Crippen LogP) is 2.13. The van der Waals surface area contributed by atoms with E-state index in [0.29, 0.717) is 17.7 Å². The fourth-order valence-electron chi connectivity index (χ4n) is 3.17. The van der Waals surface area contributed by atoms with Crippen molar-refractivity contribution >= 4 is 0 Å². The molecule has 2 aliphatic rings. The second-order valence-corrected chi connectivity index (χ2v) is 5.73. The number of fused-ring (bicyclic) bond motifs is 1. The number of phenolic OH excluding ortho intramolecular Hbond substituents is 1. The van der Waals surface area contributed by atoms with Crippen molar-refractivity contribution in [2.45, 2.75) is 44.2 Å². The lowest BCUT2D eigenvalue weighted by Crippen LogP contribution is -2.38. The Morgan fingerprint density at radius 1 is 1.28 bits per heavy atom. The van der Waals surface area contributed by atoms with Crippen molar-refractivity contribution in [3.05, 3.63) is 29.3 Å². The molecule has 1 fully saturated rings. The summed E-state index contributed by atoms with van der Waals surface area (Å²) >= 11 is 0. The van der Waals surface area contributed by atoms with E-state index in [1.54, 1.807) is 6.07 Å². The molecule has 1 aromatic carbocycles. The second kappa shape index (κ2) is 4.90. The van der Waals surface area contributed by atoms with Crippen LogP contribution in [0, 0.1) is 5.92 Å². The van der Waals surface area contributed by atoms with Crippen molar-refractivity contribution in [3.8, 4) is 5.75 Å². The van der Waals surface area contributed by atoms with Gasteiger partial charge in [0.05, 0.1) is 6.10 Å². The first kappa shape index (κ1) is 12.0. The van der Waals surface area contributed by atoms with Gasteiger partial charge in [-0.25, -0.2) is 0 Å². The quantitative estimate of drug-likeness (QED) is 0.767. The Kier molecular flexibility index (Phi) is 3.27. The molecule has 0 amide bonds. The minimum absolute atomic E-state index is 0.0699. The summed E-state index contributed by atoms with van der Waals surface area (Å²) in [4.78, 5) is 0. The van der Waals surface area contributed by atoms with Gasteiger partial charge in [-0.15, -0.1) is 0 Å². The number of rotatable bonds is 3. The lowest BCUT2D eigenvalue weighted by molar-refractivity contribution is 0.0415. The van der Waals surface area contributed by atoms with Gasteiger partial charge in [0.1, 0.15) is 5.75 Å². The molecule has 2 aliphatic carbocycles. The molecule has 0 saturated heterocycles. The van der Waals surface area contributed by atoms with Crippen molar-refractivity contribution in [2.24, 2.45) is 5.92 Å². The minimum Gasteiger partial charge on any atom is -0.508 e. The van der Waals surface area contributed by atoms with Gasteiger partial charge in [-0.1, -0.05) is 6.07 Å². The molecule has 98 valence electrons. The third kappa shape index (κ3) is 2.38. The van der Waals surface area contributed by atoms with Crippen LogP contribution in [0.1, 0.15) is 42.9 Å². The van der Waals surface area contributed by atoms with E-state index < -0.39 is 0 Å². The molecule has 1 aromatic rings. The van der Waals surface area contributed by atoms with E-state index in [4.69, 9.17) is 0 Å². The molecule has 3 nitrogen and oxygen atoms in total. The van der Waals surface area contributed by atoms with Gasteiger partial charge in [-0.3, -0.25) is 0 Å². The summed E-state index contributed by atoms with van der Waals surface area (Å²) in [6, 6.07) is 6.11. The lowest BCUT2D eigenvalue weighted by atomic mass is 9.81. The number of aryl methyl sites for hydroxylation is 1. The molecule has 0 heterocycles. The monoisotopic (exact) mass is 247 g/mol. The molecular weight excluding hydrogens is 226 g/mol. The van der Waals surface area contributed by atoms with Crippen LogP contribution < -0.4 is 5.32 Å². The molecule has 0 aliphatic heterocycles. The van der Waals surface area contributed by atoms with Crippen LogP contribution in [-0.4, -0.2) is 22.9 Å². The maximum Gasteiger partial charge on any atom is 0.115 e. The molecule has 3 rings (SSSR count). The lowest BCUT2D eigenvalue weighted by Gasteiger charge is -2.34. The highest BCUT2D eigenvalue weighted by atomic mass is 16.3. The SMILES string of the molecule is Oc1ccc2c(c1)C(NCC1CC(O)C1)CCC2. The predicted molar refractivity (Wildman–Crippen MR) is 70.5 cm³/mol. The Morgan fingerprint density at radius 2 is 2.11 bits per heavy atom. The van der Waals surface area contributed by atoms with Crippen molar-refractivity contribution in [2.75, 3.05) is 6.54 Å². The number of nitrogens with one attached hydrogen (secondary N) is 1. The zero-order valence-electron chi connectivity index (χ0n) is 10.6. The van der Waals surface area contributed by atoms with Crippen LogP contribution >= 0.6 is 0 Å². The van der Waals surface area contributed by atoms with Crippen molar-refractivity contribution in [1.29, 1.82) is 0 Å². The Hall–Kier alpha value is -1.06. The first-order valence-electron chi connectivity index (χ1n) is 6.95. The fraction of sp³-hybridized carbons (Fsp3) is 0.600. The first-order chi connectivity index (χ1) is 8.72. The van der Waals surface area contributed by atoms with E-state index in [1.807, 2.05) is 12.1 Å². The maximum absolute atomic E-state index is 9.61. The number of hydrogen-bond acceptors (Lipinski definition) is 3. The molecule has 0 radical (unpaired) electrons. The highest BCUT2D eigenvalue weighted by Crippen LogP contribution is 2.33. The Bertz CT molecular complexity index is 427. The van der Waals surface area contributed by atoms with Gasteiger partial charge in [0.15, 0.2) is 0 Å². The van der Waals surface area contributed by atoms with Crippen LogP contribution in [0.5, 0.6) is 5.75 Å². The summed E-state index contributed by atoms with van der Waals surface area (Å²) in [5, 5.41) is 22.5. The molecule has 18 heavy (non-hydrogen) atoms. The third-order valence-corrected chi connectivity index (χ3v) is 4.31. The van der Waals surface area contributed by atoms with Crippen LogP contribution in [-0.2, 0) is 6.42 Å². The zero-order valence-corrected chi connectivity index (χ0v) is 10.6. The van der Waals surface area contributed by atoms with E-state index in [-0.39, 0.29) is 6.10 Å². The fourth-order valence-corrected chi connectivity index (χ4v) is 3.17. The normalized spacial score (nSPS) is 30.6. The van der Waals surface area contributed by atoms with E-state index in [2.05, 4.69) is 5.32 Å². The van der Waals surface area contributed by atoms with Gasteiger partial charge in [-0.05, 0) is 67.8 Å². The Labute approximate surface area is 108 Å². The van der Waals surface area contributed by atoms with Gasteiger partial charge >= 0.3 is 0 Å². The van der Waals surface area contributed by atoms with Crippen LogP contribution in [0.15, 0.2) is 18.2 Å². The third-order valence-electron chi connectivity index (χ3n) is 4.31. The van der Waals surface area contributed by atoms with Crippen molar-refractivity contribution < 1.29 is 10.2 Å². The van der Waals surface area contributed by atoms with Crippen molar-refractivity contribution in [3.63, 3.8) is 0 Å². The molecule has 3 N–H and O–H groups in total. The molecule has 1 unspecified atom stereocenters. The van der Waals surface area contributed by atoms with Gasteiger partial charge in [0.2, 0.25) is 0 Å². The number of aromatic hydroxyl groups is 1. The smallest absolute Gasteiger partial charge is 0.115 e. The van der Waals surface area contributed by atoms with Gasteiger partial charge in [-0.2, -0.15) is 0 Å². The topological polar surface area (TPSA) is 52.5 Å². The Morgan fingerprint density at radius 3 is 2.89 bits per heavy atom. The summed E-state index contributed by atoms with van der Waals surface area (Å²) in [5.74, 6) is 0.990. The molecule has 3 heteroatoms. The van der Waals surface area contributed by atoms with Crippen molar-refractivity contribution in [1.82, 2.24) is 5.32 Å². The van der Waals surface area contributed by atoms with Crippen LogP contribution in [0.4, 0.5) is 0 Å². The van der Waals surface area contributed by atoms with Crippen LogP contribution in [0.2, 0.25) is 0 Å². The summed E-state index contributed by atoms with van der Waals surface area (Å²) in [6.45, 7) is 0.983. The number of hydrogen-bond donors (Lipinski definition) is 3. The van der Waals surface area contributed by atoms with Gasteiger partial charge < -0.3 is 15.5 Å². The molecule has 0 spiro atoms. The average Bonchev–Trinajstić information content (AvgIpc) is 2.33. The maximum atomic E-state index is 9.61. The summed E-state index contributed by atoms with van der Waals surface area (Å²) in [7, 11) is 0. The van der Waals surface area contributed by atoms with E-state index in [1.165, 1.54) is 17.5 Å². The molecule has 1 saturated carbocycles. The summed E-state index contributed by atoms with van der Waals surface area (Å²) < 4.78 is 0. The highest BCUT2D eigenvalue weighted by molar-refractivity contribution is 5.38.